The highest BCUT2D eigenvalue weighted by molar-refractivity contribution is 5.97. The molecule has 1 aromatic heterocycles. The number of hydrogen-bond donors (Lipinski definition) is 3. The van der Waals surface area contributed by atoms with Crippen LogP contribution < -0.4 is 5.32 Å². The standard InChI is InChI=1S/C14H16N2O3/c1-9(14(18)19)4-6-16-13(17)11-3-2-10-5-7-15-12(10)8-11/h2-3,5,7-9,15H,4,6H2,1H3,(H,16,17)(H,18,19). The van der Waals surface area contributed by atoms with E-state index in [4.69, 9.17) is 5.11 Å². The number of benzene rings is 1. The zero-order chi connectivity index (χ0) is 13.8. The Morgan fingerprint density at radius 2 is 2.16 bits per heavy atom. The maximum atomic E-state index is 11.9. The van der Waals surface area contributed by atoms with Gasteiger partial charge in [0, 0.05) is 23.8 Å². The molecule has 3 N–H and O–H groups in total. The average molecular weight is 260 g/mol. The third-order valence-electron chi connectivity index (χ3n) is 3.10. The van der Waals surface area contributed by atoms with E-state index in [9.17, 15) is 9.59 Å². The van der Waals surface area contributed by atoms with Crippen molar-refractivity contribution in [2.75, 3.05) is 6.54 Å². The number of amides is 1. The Kier molecular flexibility index (Phi) is 3.85. The van der Waals surface area contributed by atoms with Gasteiger partial charge in [0.25, 0.3) is 5.91 Å². The van der Waals surface area contributed by atoms with Crippen LogP contribution in [0, 0.1) is 5.92 Å². The number of hydrogen-bond acceptors (Lipinski definition) is 2. The molecule has 1 atom stereocenters. The lowest BCUT2D eigenvalue weighted by atomic mass is 10.1. The van der Waals surface area contributed by atoms with Crippen molar-refractivity contribution in [2.24, 2.45) is 5.92 Å². The number of aromatic nitrogens is 1. The normalized spacial score (nSPS) is 12.3. The van der Waals surface area contributed by atoms with Crippen LogP contribution in [-0.2, 0) is 4.79 Å². The van der Waals surface area contributed by atoms with E-state index >= 15 is 0 Å². The van der Waals surface area contributed by atoms with Crippen LogP contribution in [0.3, 0.4) is 0 Å². The minimum absolute atomic E-state index is 0.186. The number of aliphatic carboxylic acids is 1. The summed E-state index contributed by atoms with van der Waals surface area (Å²) in [5, 5.41) is 12.5. The summed E-state index contributed by atoms with van der Waals surface area (Å²) in [6.45, 7) is 1.98. The van der Waals surface area contributed by atoms with Gasteiger partial charge >= 0.3 is 5.97 Å². The van der Waals surface area contributed by atoms with Crippen LogP contribution in [0.15, 0.2) is 30.5 Å². The summed E-state index contributed by atoms with van der Waals surface area (Å²) >= 11 is 0. The summed E-state index contributed by atoms with van der Waals surface area (Å²) in [5.41, 5.74) is 1.48. The fourth-order valence-corrected chi connectivity index (χ4v) is 1.82. The van der Waals surface area contributed by atoms with Crippen LogP contribution in [0.2, 0.25) is 0 Å². The number of carboxylic acid groups (broad SMARTS) is 1. The average Bonchev–Trinajstić information content (AvgIpc) is 2.85. The van der Waals surface area contributed by atoms with Gasteiger partial charge in [0.2, 0.25) is 0 Å². The number of fused-ring (bicyclic) bond motifs is 1. The first-order chi connectivity index (χ1) is 9.08. The molecule has 0 saturated carbocycles. The minimum atomic E-state index is -0.845. The first kappa shape index (κ1) is 13.1. The molecule has 1 amide bonds. The molecule has 0 spiro atoms. The zero-order valence-electron chi connectivity index (χ0n) is 10.6. The number of carbonyl (C=O) groups excluding carboxylic acids is 1. The number of carboxylic acids is 1. The topological polar surface area (TPSA) is 82.2 Å². The van der Waals surface area contributed by atoms with Crippen molar-refractivity contribution in [3.05, 3.63) is 36.0 Å². The van der Waals surface area contributed by atoms with Gasteiger partial charge in [-0.1, -0.05) is 13.0 Å². The van der Waals surface area contributed by atoms with Gasteiger partial charge < -0.3 is 15.4 Å². The molecule has 1 aromatic carbocycles. The molecule has 2 aromatic rings. The third-order valence-corrected chi connectivity index (χ3v) is 3.10. The van der Waals surface area contributed by atoms with Crippen LogP contribution in [0.1, 0.15) is 23.7 Å². The van der Waals surface area contributed by atoms with E-state index in [1.54, 1.807) is 19.1 Å². The highest BCUT2D eigenvalue weighted by atomic mass is 16.4. The maximum absolute atomic E-state index is 11.9. The molecular formula is C14H16N2O3. The smallest absolute Gasteiger partial charge is 0.306 e. The molecule has 5 nitrogen and oxygen atoms in total. The Labute approximate surface area is 110 Å². The number of aromatic amines is 1. The van der Waals surface area contributed by atoms with E-state index in [0.717, 1.165) is 10.9 Å². The second-order valence-corrected chi connectivity index (χ2v) is 4.56. The van der Waals surface area contributed by atoms with E-state index in [2.05, 4.69) is 10.3 Å². The summed E-state index contributed by atoms with van der Waals surface area (Å²) in [5.74, 6) is -1.48. The van der Waals surface area contributed by atoms with E-state index in [0.29, 0.717) is 18.5 Å². The van der Waals surface area contributed by atoms with Gasteiger partial charge in [0.1, 0.15) is 0 Å². The molecule has 1 unspecified atom stereocenters. The van der Waals surface area contributed by atoms with Gasteiger partial charge in [-0.2, -0.15) is 0 Å². The Morgan fingerprint density at radius 3 is 2.89 bits per heavy atom. The first-order valence-corrected chi connectivity index (χ1v) is 6.16. The highest BCUT2D eigenvalue weighted by Crippen LogP contribution is 2.14. The third kappa shape index (κ3) is 3.13. The van der Waals surface area contributed by atoms with Gasteiger partial charge in [-0.15, -0.1) is 0 Å². The number of H-pyrrole nitrogens is 1. The van der Waals surface area contributed by atoms with Crippen molar-refractivity contribution in [3.63, 3.8) is 0 Å². The molecule has 2 rings (SSSR count). The van der Waals surface area contributed by atoms with Gasteiger partial charge in [-0.05, 0) is 30.0 Å². The summed E-state index contributed by atoms with van der Waals surface area (Å²) < 4.78 is 0. The predicted molar refractivity (Wildman–Crippen MR) is 72.0 cm³/mol. The summed E-state index contributed by atoms with van der Waals surface area (Å²) in [4.78, 5) is 25.6. The Hall–Kier alpha value is -2.30. The number of nitrogens with one attached hydrogen (secondary N) is 2. The molecule has 1 heterocycles. The van der Waals surface area contributed by atoms with Crippen molar-refractivity contribution in [2.45, 2.75) is 13.3 Å². The monoisotopic (exact) mass is 260 g/mol. The van der Waals surface area contributed by atoms with Crippen molar-refractivity contribution < 1.29 is 14.7 Å². The predicted octanol–water partition coefficient (Wildman–Crippen LogP) is 2.01. The largest absolute Gasteiger partial charge is 0.481 e. The molecule has 0 aliphatic heterocycles. The quantitative estimate of drug-likeness (QED) is 0.769. The Morgan fingerprint density at radius 1 is 1.37 bits per heavy atom. The Bertz CT molecular complexity index is 604. The lowest BCUT2D eigenvalue weighted by Gasteiger charge is -2.08. The number of carbonyl (C=O) groups is 2. The highest BCUT2D eigenvalue weighted by Gasteiger charge is 2.11. The molecule has 0 fully saturated rings. The minimum Gasteiger partial charge on any atom is -0.481 e. The fraction of sp³-hybridized carbons (Fsp3) is 0.286. The molecule has 5 heteroatoms. The summed E-state index contributed by atoms with van der Waals surface area (Å²) in [6, 6.07) is 7.35. The second kappa shape index (κ2) is 5.56. The van der Waals surface area contributed by atoms with Gasteiger partial charge in [0.05, 0.1) is 5.92 Å². The number of rotatable bonds is 5. The van der Waals surface area contributed by atoms with Crippen LogP contribution in [0.4, 0.5) is 0 Å². The van der Waals surface area contributed by atoms with Crippen molar-refractivity contribution in [1.82, 2.24) is 10.3 Å². The van der Waals surface area contributed by atoms with E-state index in [1.807, 2.05) is 18.3 Å². The van der Waals surface area contributed by atoms with E-state index in [-0.39, 0.29) is 5.91 Å². The van der Waals surface area contributed by atoms with Gasteiger partial charge in [-0.3, -0.25) is 9.59 Å². The molecule has 0 aliphatic carbocycles. The van der Waals surface area contributed by atoms with E-state index in [1.165, 1.54) is 0 Å². The van der Waals surface area contributed by atoms with Gasteiger partial charge in [0.15, 0.2) is 0 Å². The first-order valence-electron chi connectivity index (χ1n) is 6.16. The van der Waals surface area contributed by atoms with Crippen LogP contribution in [0.5, 0.6) is 0 Å². The Balaban J connectivity index is 1.94. The molecule has 0 aliphatic rings. The van der Waals surface area contributed by atoms with E-state index < -0.39 is 11.9 Å². The second-order valence-electron chi connectivity index (χ2n) is 4.56. The molecule has 0 radical (unpaired) electrons. The molecule has 19 heavy (non-hydrogen) atoms. The van der Waals surface area contributed by atoms with Crippen LogP contribution in [0.25, 0.3) is 10.9 Å². The molecule has 0 bridgehead atoms. The SMILES string of the molecule is CC(CCNC(=O)c1ccc2cc[nH]c2c1)C(=O)O. The molecule has 100 valence electrons. The maximum Gasteiger partial charge on any atom is 0.306 e. The lowest BCUT2D eigenvalue weighted by molar-refractivity contribution is -0.141. The lowest BCUT2D eigenvalue weighted by Crippen LogP contribution is -2.27. The molecule has 0 saturated heterocycles. The molecular weight excluding hydrogens is 244 g/mol. The van der Waals surface area contributed by atoms with Crippen molar-refractivity contribution in [3.8, 4) is 0 Å². The fourth-order valence-electron chi connectivity index (χ4n) is 1.82. The van der Waals surface area contributed by atoms with Crippen molar-refractivity contribution >= 4 is 22.8 Å². The van der Waals surface area contributed by atoms with Gasteiger partial charge in [-0.25, -0.2) is 0 Å². The zero-order valence-corrected chi connectivity index (χ0v) is 10.6. The summed E-state index contributed by atoms with van der Waals surface area (Å²) in [7, 11) is 0. The summed E-state index contributed by atoms with van der Waals surface area (Å²) in [6.07, 6.45) is 2.24. The van der Waals surface area contributed by atoms with Crippen LogP contribution >= 0.6 is 0 Å². The van der Waals surface area contributed by atoms with Crippen LogP contribution in [-0.4, -0.2) is 28.5 Å². The van der Waals surface area contributed by atoms with Crippen molar-refractivity contribution in [1.29, 1.82) is 0 Å².